The van der Waals surface area contributed by atoms with Crippen LogP contribution >= 0.6 is 0 Å². The molecule has 0 fully saturated rings. The Kier molecular flexibility index (Phi) is 8.36. The second-order valence-electron chi connectivity index (χ2n) is 9.57. The van der Waals surface area contributed by atoms with E-state index in [0.717, 1.165) is 44.7 Å². The fraction of sp³-hybridized carbons (Fsp3) is 0.0556. The first-order valence-corrected chi connectivity index (χ1v) is 13.5. The van der Waals surface area contributed by atoms with Crippen molar-refractivity contribution in [3.05, 3.63) is 170 Å². The van der Waals surface area contributed by atoms with Crippen molar-refractivity contribution in [3.63, 3.8) is 0 Å². The predicted molar refractivity (Wildman–Crippen MR) is 172 cm³/mol. The second kappa shape index (κ2) is 12.6. The first-order chi connectivity index (χ1) is 20.1. The topological polar surface area (TPSA) is 66.3 Å². The highest BCUT2D eigenvalue weighted by atomic mass is 16.5. The van der Waals surface area contributed by atoms with E-state index in [0.29, 0.717) is 12.3 Å². The van der Waals surface area contributed by atoms with Crippen molar-refractivity contribution < 1.29 is 4.74 Å². The molecular formula is C36H34N4O. The van der Waals surface area contributed by atoms with E-state index in [1.165, 1.54) is 5.56 Å². The molecule has 41 heavy (non-hydrogen) atoms. The number of hydrogen-bond donors (Lipinski definition) is 3. The van der Waals surface area contributed by atoms with Gasteiger partial charge >= 0.3 is 0 Å². The van der Waals surface area contributed by atoms with Gasteiger partial charge in [0, 0.05) is 35.7 Å². The Morgan fingerprint density at radius 2 is 1.59 bits per heavy atom. The zero-order valence-corrected chi connectivity index (χ0v) is 23.0. The van der Waals surface area contributed by atoms with Crippen molar-refractivity contribution >= 4 is 33.5 Å². The monoisotopic (exact) mass is 538 g/mol. The number of nitrogens with zero attached hydrogens (tertiary/aromatic N) is 1. The number of H-pyrrole nitrogens is 1. The number of nitrogen functional groups attached to an aromatic ring is 1. The average Bonchev–Trinajstić information content (AvgIpc) is 3.49. The highest BCUT2D eigenvalue weighted by Crippen LogP contribution is 2.32. The maximum absolute atomic E-state index is 6.37. The lowest BCUT2D eigenvalue weighted by molar-refractivity contribution is 0.108. The summed E-state index contributed by atoms with van der Waals surface area (Å²) in [7, 11) is 0. The fourth-order valence-electron chi connectivity index (χ4n) is 4.84. The Balaban J connectivity index is 0.00000165. The standard InChI is InChI=1S/C34H30N4O.C2H4/c1-24-11-14-29(22-37-34(39-24)28-17-18-32-27(21-28)19-20-36-32)26-15-12-25(13-16-26)23-38(30-7-3-2-4-8-30)33-10-6-5-9-31(33)35;1-2/h2-22,34,36-37H,1,23,35H2;1-2H2/b14-11-,29-22+;. The molecule has 0 aliphatic carbocycles. The molecule has 0 saturated carbocycles. The molecule has 5 nitrogen and oxygen atoms in total. The quantitative estimate of drug-likeness (QED) is 0.150. The summed E-state index contributed by atoms with van der Waals surface area (Å²) in [6, 6.07) is 35.3. The van der Waals surface area contributed by atoms with Gasteiger partial charge in [0.2, 0.25) is 0 Å². The summed E-state index contributed by atoms with van der Waals surface area (Å²) in [5, 5.41) is 4.58. The lowest BCUT2D eigenvalue weighted by atomic mass is 10.0. The number of rotatable bonds is 6. The van der Waals surface area contributed by atoms with E-state index >= 15 is 0 Å². The SMILES string of the molecule is C=C.C=C1/C=C\C(c2ccc(CN(c3ccccc3)c3ccccc3N)cc2)=C/NC(c2ccc3[nH]ccc3c2)O1. The van der Waals surface area contributed by atoms with E-state index in [4.69, 9.17) is 10.5 Å². The Morgan fingerprint density at radius 1 is 0.829 bits per heavy atom. The molecule has 0 amide bonds. The summed E-state index contributed by atoms with van der Waals surface area (Å²) in [5.41, 5.74) is 14.7. The number of allylic oxidation sites excluding steroid dienone is 3. The summed E-state index contributed by atoms with van der Waals surface area (Å²) >= 11 is 0. The van der Waals surface area contributed by atoms with Gasteiger partial charge in [-0.2, -0.15) is 0 Å². The van der Waals surface area contributed by atoms with Crippen LogP contribution in [0.5, 0.6) is 0 Å². The minimum atomic E-state index is -0.341. The van der Waals surface area contributed by atoms with Crippen LogP contribution in [0.3, 0.4) is 0 Å². The number of benzene rings is 4. The van der Waals surface area contributed by atoms with Crippen LogP contribution in [0.4, 0.5) is 17.1 Å². The highest BCUT2D eigenvalue weighted by molar-refractivity contribution is 5.80. The predicted octanol–water partition coefficient (Wildman–Crippen LogP) is 8.62. The van der Waals surface area contributed by atoms with Crippen molar-refractivity contribution in [2.24, 2.45) is 0 Å². The zero-order valence-electron chi connectivity index (χ0n) is 23.0. The normalized spacial score (nSPS) is 16.5. The highest BCUT2D eigenvalue weighted by Gasteiger charge is 2.16. The average molecular weight is 539 g/mol. The van der Waals surface area contributed by atoms with E-state index < -0.39 is 0 Å². The molecule has 2 heterocycles. The van der Waals surface area contributed by atoms with Crippen molar-refractivity contribution in [3.8, 4) is 0 Å². The first-order valence-electron chi connectivity index (χ1n) is 13.5. The summed E-state index contributed by atoms with van der Waals surface area (Å²) in [6.45, 7) is 10.8. The molecule has 1 aromatic heterocycles. The van der Waals surface area contributed by atoms with E-state index in [1.54, 1.807) is 0 Å². The van der Waals surface area contributed by atoms with Crippen molar-refractivity contribution in [1.29, 1.82) is 0 Å². The summed E-state index contributed by atoms with van der Waals surface area (Å²) in [5.74, 6) is 0.600. The van der Waals surface area contributed by atoms with Gasteiger partial charge in [-0.05, 0) is 76.7 Å². The van der Waals surface area contributed by atoms with Gasteiger partial charge in [0.05, 0.1) is 11.4 Å². The molecule has 0 radical (unpaired) electrons. The number of anilines is 3. The fourth-order valence-corrected chi connectivity index (χ4v) is 4.84. The van der Waals surface area contributed by atoms with E-state index in [-0.39, 0.29) is 6.23 Å². The second-order valence-corrected chi connectivity index (χ2v) is 9.57. The first kappa shape index (κ1) is 27.2. The molecule has 4 aromatic carbocycles. The largest absolute Gasteiger partial charge is 0.467 e. The van der Waals surface area contributed by atoms with Crippen LogP contribution in [0.1, 0.15) is 22.9 Å². The van der Waals surface area contributed by atoms with Crippen LogP contribution in [0, 0.1) is 0 Å². The Hall–Kier alpha value is -5.42. The number of ether oxygens (including phenoxy) is 1. The Labute approximate surface area is 241 Å². The number of aromatic amines is 1. The van der Waals surface area contributed by atoms with Crippen LogP contribution in [0.2, 0.25) is 0 Å². The molecule has 1 aliphatic heterocycles. The number of nitrogens with two attached hydrogens (primary N) is 1. The van der Waals surface area contributed by atoms with Crippen molar-refractivity contribution in [1.82, 2.24) is 10.3 Å². The molecule has 4 N–H and O–H groups in total. The molecule has 6 rings (SSSR count). The lowest BCUT2D eigenvalue weighted by Gasteiger charge is -2.26. The molecule has 5 aromatic rings. The smallest absolute Gasteiger partial charge is 0.196 e. The number of hydrogen-bond acceptors (Lipinski definition) is 4. The molecule has 0 saturated heterocycles. The third kappa shape index (κ3) is 6.26. The van der Waals surface area contributed by atoms with Crippen LogP contribution in [0.25, 0.3) is 16.5 Å². The van der Waals surface area contributed by atoms with E-state index in [2.05, 4.69) is 102 Å². The molecular weight excluding hydrogens is 504 g/mol. The number of aromatic nitrogens is 1. The van der Waals surface area contributed by atoms with Gasteiger partial charge in [-0.3, -0.25) is 0 Å². The third-order valence-electron chi connectivity index (χ3n) is 6.91. The van der Waals surface area contributed by atoms with Crippen LogP contribution in [0.15, 0.2) is 153 Å². The summed E-state index contributed by atoms with van der Waals surface area (Å²) < 4.78 is 6.08. The van der Waals surface area contributed by atoms with Gasteiger partial charge in [-0.25, -0.2) is 0 Å². The van der Waals surface area contributed by atoms with Crippen LogP contribution < -0.4 is 16.0 Å². The van der Waals surface area contributed by atoms with Crippen molar-refractivity contribution in [2.75, 3.05) is 10.6 Å². The van der Waals surface area contributed by atoms with Gasteiger partial charge in [0.25, 0.3) is 0 Å². The summed E-state index contributed by atoms with van der Waals surface area (Å²) in [4.78, 5) is 5.48. The maximum atomic E-state index is 6.37. The van der Waals surface area contributed by atoms with E-state index in [9.17, 15) is 0 Å². The number of para-hydroxylation sites is 3. The van der Waals surface area contributed by atoms with Crippen LogP contribution in [-0.4, -0.2) is 4.98 Å². The van der Waals surface area contributed by atoms with Crippen molar-refractivity contribution in [2.45, 2.75) is 12.8 Å². The molecule has 1 unspecified atom stereocenters. The van der Waals surface area contributed by atoms with E-state index in [1.807, 2.05) is 60.9 Å². The molecule has 0 bridgehead atoms. The van der Waals surface area contributed by atoms with Gasteiger partial charge in [0.1, 0.15) is 5.76 Å². The molecule has 1 atom stereocenters. The number of fused-ring (bicyclic) bond motifs is 1. The Bertz CT molecular complexity index is 1680. The lowest BCUT2D eigenvalue weighted by Crippen LogP contribution is -2.19. The summed E-state index contributed by atoms with van der Waals surface area (Å²) in [6.07, 6.45) is 7.55. The van der Waals surface area contributed by atoms with Gasteiger partial charge in [-0.1, -0.05) is 67.2 Å². The Morgan fingerprint density at radius 3 is 2.37 bits per heavy atom. The third-order valence-corrected chi connectivity index (χ3v) is 6.91. The minimum Gasteiger partial charge on any atom is -0.467 e. The van der Waals surface area contributed by atoms with Crippen LogP contribution in [-0.2, 0) is 11.3 Å². The molecule has 0 spiro atoms. The minimum absolute atomic E-state index is 0.341. The van der Waals surface area contributed by atoms with Gasteiger partial charge in [0.15, 0.2) is 6.23 Å². The number of nitrogens with one attached hydrogen (secondary N) is 2. The zero-order chi connectivity index (χ0) is 28.6. The molecule has 5 heteroatoms. The van der Waals surface area contributed by atoms with Gasteiger partial charge in [-0.15, -0.1) is 13.2 Å². The molecule has 204 valence electrons. The molecule has 1 aliphatic rings. The maximum Gasteiger partial charge on any atom is 0.196 e. The van der Waals surface area contributed by atoms with Gasteiger partial charge < -0.3 is 25.7 Å².